The summed E-state index contributed by atoms with van der Waals surface area (Å²) in [6.07, 6.45) is 2.06. The molecule has 0 aliphatic heterocycles. The normalized spacial score (nSPS) is 9.56. The van der Waals surface area contributed by atoms with E-state index in [4.69, 9.17) is 5.73 Å². The fraction of sp³-hybridized carbons (Fsp3) is 0.300. The molecule has 2 amide bonds. The third-order valence-electron chi connectivity index (χ3n) is 1.93. The summed E-state index contributed by atoms with van der Waals surface area (Å²) in [6, 6.07) is 3.37. The average Bonchev–Trinajstić information content (AvgIpc) is 2.34. The molecule has 0 unspecified atom stereocenters. The van der Waals surface area contributed by atoms with Gasteiger partial charge in [-0.3, -0.25) is 14.6 Å². The second-order valence-electron chi connectivity index (χ2n) is 3.07. The second-order valence-corrected chi connectivity index (χ2v) is 3.07. The summed E-state index contributed by atoms with van der Waals surface area (Å²) >= 11 is 0. The lowest BCUT2D eigenvalue weighted by Crippen LogP contribution is -2.31. The molecule has 0 fully saturated rings. The van der Waals surface area contributed by atoms with E-state index in [1.54, 1.807) is 12.1 Å². The zero-order chi connectivity index (χ0) is 11.8. The highest BCUT2D eigenvalue weighted by atomic mass is 16.1. The summed E-state index contributed by atoms with van der Waals surface area (Å²) in [4.78, 5) is 25.5. The predicted octanol–water partition coefficient (Wildman–Crippen LogP) is -0.984. The molecule has 0 spiro atoms. The van der Waals surface area contributed by atoms with Crippen LogP contribution in [0.4, 0.5) is 0 Å². The van der Waals surface area contributed by atoms with E-state index in [2.05, 4.69) is 15.6 Å². The first kappa shape index (κ1) is 12.1. The SMILES string of the molecule is NCc1ccc(C(=O)NCCNC=O)cn1. The Balaban J connectivity index is 2.43. The van der Waals surface area contributed by atoms with Gasteiger partial charge in [-0.15, -0.1) is 0 Å². The molecule has 6 nitrogen and oxygen atoms in total. The first-order chi connectivity index (χ1) is 7.77. The number of pyridine rings is 1. The van der Waals surface area contributed by atoms with Crippen LogP contribution in [0.1, 0.15) is 16.1 Å². The number of nitrogens with two attached hydrogens (primary N) is 1. The lowest BCUT2D eigenvalue weighted by Gasteiger charge is -2.04. The third kappa shape index (κ3) is 3.66. The maximum atomic E-state index is 11.5. The number of carbonyl (C=O) groups excluding carboxylic acids is 2. The van der Waals surface area contributed by atoms with Gasteiger partial charge in [0, 0.05) is 25.8 Å². The number of carbonyl (C=O) groups is 2. The number of hydrogen-bond donors (Lipinski definition) is 3. The molecule has 4 N–H and O–H groups in total. The summed E-state index contributed by atoms with van der Waals surface area (Å²) in [5, 5.41) is 5.09. The van der Waals surface area contributed by atoms with Crippen molar-refractivity contribution >= 4 is 12.3 Å². The summed E-state index contributed by atoms with van der Waals surface area (Å²) in [7, 11) is 0. The molecule has 1 rings (SSSR count). The van der Waals surface area contributed by atoms with Gasteiger partial charge in [-0.05, 0) is 12.1 Å². The highest BCUT2D eigenvalue weighted by molar-refractivity contribution is 5.93. The zero-order valence-corrected chi connectivity index (χ0v) is 8.77. The second kappa shape index (κ2) is 6.52. The number of hydrogen-bond acceptors (Lipinski definition) is 4. The van der Waals surface area contributed by atoms with Crippen LogP contribution in [0.3, 0.4) is 0 Å². The monoisotopic (exact) mass is 222 g/mol. The Morgan fingerprint density at radius 2 is 2.25 bits per heavy atom. The molecule has 0 saturated heterocycles. The van der Waals surface area contributed by atoms with Crippen LogP contribution in [0, 0.1) is 0 Å². The fourth-order valence-electron chi connectivity index (χ4n) is 1.09. The molecule has 1 heterocycles. The van der Waals surface area contributed by atoms with Gasteiger partial charge in [0.2, 0.25) is 6.41 Å². The van der Waals surface area contributed by atoms with E-state index in [1.807, 2.05) is 0 Å². The van der Waals surface area contributed by atoms with Crippen molar-refractivity contribution in [2.75, 3.05) is 13.1 Å². The molecule has 0 saturated carbocycles. The van der Waals surface area contributed by atoms with Crippen molar-refractivity contribution in [3.8, 4) is 0 Å². The van der Waals surface area contributed by atoms with Gasteiger partial charge >= 0.3 is 0 Å². The Kier molecular flexibility index (Phi) is 4.94. The first-order valence-corrected chi connectivity index (χ1v) is 4.88. The molecule has 0 bridgehead atoms. The summed E-state index contributed by atoms with van der Waals surface area (Å²) < 4.78 is 0. The maximum Gasteiger partial charge on any atom is 0.252 e. The molecule has 1 aromatic rings. The van der Waals surface area contributed by atoms with E-state index in [0.717, 1.165) is 5.69 Å². The molecular formula is C10H14N4O2. The minimum atomic E-state index is -0.219. The Bertz CT molecular complexity index is 350. The molecule has 0 aromatic carbocycles. The minimum absolute atomic E-state index is 0.219. The Morgan fingerprint density at radius 1 is 1.44 bits per heavy atom. The van der Waals surface area contributed by atoms with Crippen LogP contribution in [-0.4, -0.2) is 30.4 Å². The standard InChI is InChI=1S/C10H14N4O2/c11-5-9-2-1-8(6-14-9)10(16)13-4-3-12-7-15/h1-2,6-7H,3-5,11H2,(H,12,15)(H,13,16). The smallest absolute Gasteiger partial charge is 0.252 e. The molecule has 86 valence electrons. The number of aromatic nitrogens is 1. The minimum Gasteiger partial charge on any atom is -0.357 e. The van der Waals surface area contributed by atoms with Gasteiger partial charge in [0.05, 0.1) is 11.3 Å². The molecular weight excluding hydrogens is 208 g/mol. The third-order valence-corrected chi connectivity index (χ3v) is 1.93. The molecule has 16 heavy (non-hydrogen) atoms. The molecule has 0 atom stereocenters. The van der Waals surface area contributed by atoms with Crippen molar-refractivity contribution in [1.29, 1.82) is 0 Å². The van der Waals surface area contributed by atoms with E-state index in [9.17, 15) is 9.59 Å². The van der Waals surface area contributed by atoms with Crippen LogP contribution in [0.2, 0.25) is 0 Å². The maximum absolute atomic E-state index is 11.5. The van der Waals surface area contributed by atoms with Crippen molar-refractivity contribution < 1.29 is 9.59 Å². The average molecular weight is 222 g/mol. The van der Waals surface area contributed by atoms with Crippen molar-refractivity contribution in [3.05, 3.63) is 29.6 Å². The quantitative estimate of drug-likeness (QED) is 0.425. The lowest BCUT2D eigenvalue weighted by molar-refractivity contribution is -0.109. The van der Waals surface area contributed by atoms with E-state index in [-0.39, 0.29) is 5.91 Å². The highest BCUT2D eigenvalue weighted by Gasteiger charge is 2.04. The predicted molar refractivity (Wildman–Crippen MR) is 58.5 cm³/mol. The van der Waals surface area contributed by atoms with E-state index in [1.165, 1.54) is 6.20 Å². The van der Waals surface area contributed by atoms with Gasteiger partial charge in [0.25, 0.3) is 5.91 Å². The van der Waals surface area contributed by atoms with Gasteiger partial charge in [-0.25, -0.2) is 0 Å². The number of nitrogens with one attached hydrogen (secondary N) is 2. The van der Waals surface area contributed by atoms with Crippen molar-refractivity contribution in [3.63, 3.8) is 0 Å². The zero-order valence-electron chi connectivity index (χ0n) is 8.77. The van der Waals surface area contributed by atoms with Gasteiger partial charge < -0.3 is 16.4 Å². The Morgan fingerprint density at radius 3 is 2.81 bits per heavy atom. The molecule has 1 aromatic heterocycles. The first-order valence-electron chi connectivity index (χ1n) is 4.88. The Hall–Kier alpha value is -1.95. The van der Waals surface area contributed by atoms with Crippen molar-refractivity contribution in [1.82, 2.24) is 15.6 Å². The van der Waals surface area contributed by atoms with Crippen LogP contribution in [0.15, 0.2) is 18.3 Å². The summed E-state index contributed by atoms with van der Waals surface area (Å²) in [5.41, 5.74) is 6.60. The van der Waals surface area contributed by atoms with E-state index >= 15 is 0 Å². The molecule has 6 heteroatoms. The van der Waals surface area contributed by atoms with E-state index < -0.39 is 0 Å². The molecule has 0 radical (unpaired) electrons. The lowest BCUT2D eigenvalue weighted by atomic mass is 10.2. The topological polar surface area (TPSA) is 97.1 Å². The summed E-state index contributed by atoms with van der Waals surface area (Å²) in [5.74, 6) is -0.219. The van der Waals surface area contributed by atoms with Gasteiger partial charge in [0.1, 0.15) is 0 Å². The number of amides is 2. The number of nitrogens with zero attached hydrogens (tertiary/aromatic N) is 1. The Labute approximate surface area is 93.2 Å². The van der Waals surface area contributed by atoms with E-state index in [0.29, 0.717) is 31.6 Å². The van der Waals surface area contributed by atoms with Crippen LogP contribution >= 0.6 is 0 Å². The van der Waals surface area contributed by atoms with Crippen LogP contribution in [0.25, 0.3) is 0 Å². The highest BCUT2D eigenvalue weighted by Crippen LogP contribution is 1.99. The largest absolute Gasteiger partial charge is 0.357 e. The summed E-state index contributed by atoms with van der Waals surface area (Å²) in [6.45, 7) is 1.14. The fourth-order valence-corrected chi connectivity index (χ4v) is 1.09. The molecule has 0 aliphatic carbocycles. The van der Waals surface area contributed by atoms with Crippen LogP contribution < -0.4 is 16.4 Å². The van der Waals surface area contributed by atoms with Gasteiger partial charge in [-0.2, -0.15) is 0 Å². The van der Waals surface area contributed by atoms with Gasteiger partial charge in [-0.1, -0.05) is 0 Å². The van der Waals surface area contributed by atoms with Gasteiger partial charge in [0.15, 0.2) is 0 Å². The van der Waals surface area contributed by atoms with Crippen molar-refractivity contribution in [2.24, 2.45) is 5.73 Å². The van der Waals surface area contributed by atoms with Crippen LogP contribution in [-0.2, 0) is 11.3 Å². The number of rotatable bonds is 6. The van der Waals surface area contributed by atoms with Crippen LogP contribution in [0.5, 0.6) is 0 Å². The van der Waals surface area contributed by atoms with Crippen molar-refractivity contribution in [2.45, 2.75) is 6.54 Å². The molecule has 0 aliphatic rings.